The molecule has 0 unspecified atom stereocenters. The highest BCUT2D eigenvalue weighted by molar-refractivity contribution is 5.78. The van der Waals surface area contributed by atoms with Crippen LogP contribution in [0, 0.1) is 11.6 Å². The first kappa shape index (κ1) is 11.8. The van der Waals surface area contributed by atoms with E-state index in [1.54, 1.807) is 4.90 Å². The largest absolute Gasteiger partial charge is 0.492 e. The smallest absolute Gasteiger partial charge is 0.222 e. The van der Waals surface area contributed by atoms with E-state index >= 15 is 0 Å². The number of rotatable bonds is 4. The van der Waals surface area contributed by atoms with Crippen LogP contribution in [0.25, 0.3) is 0 Å². The molecule has 92 valence electrons. The molecule has 2 rings (SSSR count). The Kier molecular flexibility index (Phi) is 3.56. The number of hydrogen-bond donors (Lipinski definition) is 0. The van der Waals surface area contributed by atoms with Crippen LogP contribution in [-0.2, 0) is 4.79 Å². The van der Waals surface area contributed by atoms with E-state index in [4.69, 9.17) is 4.74 Å². The highest BCUT2D eigenvalue weighted by Crippen LogP contribution is 2.15. The summed E-state index contributed by atoms with van der Waals surface area (Å²) in [5.74, 6) is -1.08. The van der Waals surface area contributed by atoms with E-state index in [1.165, 1.54) is 0 Å². The molecule has 1 aliphatic heterocycles. The summed E-state index contributed by atoms with van der Waals surface area (Å²) in [5.41, 5.74) is 0. The molecule has 1 fully saturated rings. The number of carbonyl (C=O) groups is 1. The minimum atomic E-state index is -0.669. The molecule has 0 atom stereocenters. The fourth-order valence-corrected chi connectivity index (χ4v) is 1.83. The molecule has 0 N–H and O–H groups in total. The molecule has 1 saturated heterocycles. The highest BCUT2D eigenvalue weighted by Gasteiger charge is 2.19. The Balaban J connectivity index is 1.83. The van der Waals surface area contributed by atoms with E-state index in [2.05, 4.69) is 0 Å². The van der Waals surface area contributed by atoms with Crippen LogP contribution >= 0.6 is 0 Å². The van der Waals surface area contributed by atoms with Crippen LogP contribution in [0.1, 0.15) is 12.8 Å². The summed E-state index contributed by atoms with van der Waals surface area (Å²) in [4.78, 5) is 13.0. The Hall–Kier alpha value is -1.65. The average molecular weight is 241 g/mol. The van der Waals surface area contributed by atoms with Gasteiger partial charge in [-0.2, -0.15) is 0 Å². The molecule has 5 heteroatoms. The zero-order valence-electron chi connectivity index (χ0n) is 9.29. The lowest BCUT2D eigenvalue weighted by Crippen LogP contribution is -2.29. The van der Waals surface area contributed by atoms with Crippen molar-refractivity contribution in [1.29, 1.82) is 0 Å². The Morgan fingerprint density at radius 1 is 1.24 bits per heavy atom. The third-order valence-corrected chi connectivity index (χ3v) is 2.64. The molecule has 0 bridgehead atoms. The molecule has 17 heavy (non-hydrogen) atoms. The van der Waals surface area contributed by atoms with E-state index in [0.29, 0.717) is 13.0 Å². The molecule has 0 aliphatic carbocycles. The summed E-state index contributed by atoms with van der Waals surface area (Å²) in [6.45, 7) is 1.44. The Morgan fingerprint density at radius 2 is 1.94 bits per heavy atom. The van der Waals surface area contributed by atoms with Crippen molar-refractivity contribution >= 4 is 5.91 Å². The maximum atomic E-state index is 12.8. The number of nitrogens with zero attached hydrogens (tertiary/aromatic N) is 1. The molecule has 3 nitrogen and oxygen atoms in total. The Bertz CT molecular complexity index is 403. The molecule has 1 amide bonds. The summed E-state index contributed by atoms with van der Waals surface area (Å²) in [6, 6.07) is 3.03. The Labute approximate surface area is 98.0 Å². The van der Waals surface area contributed by atoms with Crippen molar-refractivity contribution in [3.05, 3.63) is 29.8 Å². The van der Waals surface area contributed by atoms with E-state index in [-0.39, 0.29) is 18.3 Å². The second kappa shape index (κ2) is 5.12. The van der Waals surface area contributed by atoms with E-state index in [9.17, 15) is 13.6 Å². The van der Waals surface area contributed by atoms with Gasteiger partial charge in [-0.05, 0) is 6.42 Å². The summed E-state index contributed by atoms with van der Waals surface area (Å²) < 4.78 is 30.9. The summed E-state index contributed by atoms with van der Waals surface area (Å²) in [5, 5.41) is 0. The SMILES string of the molecule is O=C1CCCN1CCOc1cc(F)cc(F)c1. The normalized spacial score (nSPS) is 15.4. The van der Waals surface area contributed by atoms with Gasteiger partial charge in [-0.1, -0.05) is 0 Å². The molecule has 1 heterocycles. The lowest BCUT2D eigenvalue weighted by molar-refractivity contribution is -0.128. The predicted molar refractivity (Wildman–Crippen MR) is 57.7 cm³/mol. The summed E-state index contributed by atoms with van der Waals surface area (Å²) >= 11 is 0. The first-order chi connectivity index (χ1) is 8.15. The van der Waals surface area contributed by atoms with Crippen LogP contribution in [0.15, 0.2) is 18.2 Å². The van der Waals surface area contributed by atoms with Gasteiger partial charge in [0.25, 0.3) is 0 Å². The second-order valence-electron chi connectivity index (χ2n) is 3.94. The van der Waals surface area contributed by atoms with Gasteiger partial charge < -0.3 is 9.64 Å². The molecular weight excluding hydrogens is 228 g/mol. The van der Waals surface area contributed by atoms with Gasteiger partial charge in [0, 0.05) is 31.2 Å². The van der Waals surface area contributed by atoms with Crippen molar-refractivity contribution in [2.24, 2.45) is 0 Å². The maximum Gasteiger partial charge on any atom is 0.222 e. The lowest BCUT2D eigenvalue weighted by atomic mass is 10.3. The monoisotopic (exact) mass is 241 g/mol. The number of benzene rings is 1. The van der Waals surface area contributed by atoms with E-state index in [1.807, 2.05) is 0 Å². The number of ether oxygens (including phenoxy) is 1. The fraction of sp³-hybridized carbons (Fsp3) is 0.417. The molecule has 0 radical (unpaired) electrons. The van der Waals surface area contributed by atoms with Gasteiger partial charge in [0.15, 0.2) is 0 Å². The molecule has 1 aromatic carbocycles. The van der Waals surface area contributed by atoms with Crippen LogP contribution in [0.2, 0.25) is 0 Å². The minimum Gasteiger partial charge on any atom is -0.492 e. The molecule has 1 aromatic rings. The van der Waals surface area contributed by atoms with E-state index in [0.717, 1.165) is 31.2 Å². The zero-order valence-corrected chi connectivity index (χ0v) is 9.29. The van der Waals surface area contributed by atoms with E-state index < -0.39 is 11.6 Å². The number of likely N-dealkylation sites (tertiary alicyclic amines) is 1. The van der Waals surface area contributed by atoms with Crippen LogP contribution in [-0.4, -0.2) is 30.5 Å². The average Bonchev–Trinajstić information content (AvgIpc) is 2.63. The van der Waals surface area contributed by atoms with Crippen LogP contribution in [0.5, 0.6) is 5.75 Å². The first-order valence-corrected chi connectivity index (χ1v) is 5.52. The van der Waals surface area contributed by atoms with Crippen LogP contribution < -0.4 is 4.74 Å². The van der Waals surface area contributed by atoms with Crippen LogP contribution in [0.3, 0.4) is 0 Å². The standard InChI is InChI=1S/C12H13F2NO2/c13-9-6-10(14)8-11(7-9)17-5-4-15-3-1-2-12(15)16/h6-8H,1-5H2. The third-order valence-electron chi connectivity index (χ3n) is 2.64. The maximum absolute atomic E-state index is 12.8. The molecule has 0 saturated carbocycles. The van der Waals surface area contributed by atoms with Crippen LogP contribution in [0.4, 0.5) is 8.78 Å². The molecule has 0 spiro atoms. The van der Waals surface area contributed by atoms with Crippen molar-refractivity contribution < 1.29 is 18.3 Å². The lowest BCUT2D eigenvalue weighted by Gasteiger charge is -2.15. The van der Waals surface area contributed by atoms with Crippen molar-refractivity contribution in [3.8, 4) is 5.75 Å². The number of carbonyl (C=O) groups excluding carboxylic acids is 1. The minimum absolute atomic E-state index is 0.110. The highest BCUT2D eigenvalue weighted by atomic mass is 19.1. The van der Waals surface area contributed by atoms with Crippen molar-refractivity contribution in [1.82, 2.24) is 4.90 Å². The number of halogens is 2. The molecular formula is C12H13F2NO2. The van der Waals surface area contributed by atoms with Crippen molar-refractivity contribution in [2.45, 2.75) is 12.8 Å². The van der Waals surface area contributed by atoms with Crippen molar-refractivity contribution in [2.75, 3.05) is 19.7 Å². The fourth-order valence-electron chi connectivity index (χ4n) is 1.83. The van der Waals surface area contributed by atoms with Gasteiger partial charge in [-0.3, -0.25) is 4.79 Å². The molecule has 0 aromatic heterocycles. The van der Waals surface area contributed by atoms with Gasteiger partial charge in [0.1, 0.15) is 24.0 Å². The van der Waals surface area contributed by atoms with Gasteiger partial charge >= 0.3 is 0 Å². The second-order valence-corrected chi connectivity index (χ2v) is 3.94. The zero-order chi connectivity index (χ0) is 12.3. The topological polar surface area (TPSA) is 29.5 Å². The predicted octanol–water partition coefficient (Wildman–Crippen LogP) is 1.97. The third kappa shape index (κ3) is 3.15. The van der Waals surface area contributed by atoms with Crippen molar-refractivity contribution in [3.63, 3.8) is 0 Å². The van der Waals surface area contributed by atoms with Gasteiger partial charge in [-0.25, -0.2) is 8.78 Å². The molecule has 1 aliphatic rings. The first-order valence-electron chi connectivity index (χ1n) is 5.52. The summed E-state index contributed by atoms with van der Waals surface area (Å²) in [7, 11) is 0. The quantitative estimate of drug-likeness (QED) is 0.806. The summed E-state index contributed by atoms with van der Waals surface area (Å²) in [6.07, 6.45) is 1.45. The van der Waals surface area contributed by atoms with Gasteiger partial charge in [-0.15, -0.1) is 0 Å². The Morgan fingerprint density at radius 3 is 2.53 bits per heavy atom. The van der Waals surface area contributed by atoms with Gasteiger partial charge in [0.2, 0.25) is 5.91 Å². The number of amides is 1. The van der Waals surface area contributed by atoms with Gasteiger partial charge in [0.05, 0.1) is 6.54 Å². The number of hydrogen-bond acceptors (Lipinski definition) is 2.